The Labute approximate surface area is 109 Å². The second-order valence-corrected chi connectivity index (χ2v) is 6.64. The van der Waals surface area contributed by atoms with Crippen LogP contribution in [0.1, 0.15) is 52.9 Å². The van der Waals surface area contributed by atoms with E-state index in [1.54, 1.807) is 0 Å². The maximum atomic E-state index is 10.1. The van der Waals surface area contributed by atoms with Gasteiger partial charge in [0.1, 0.15) is 0 Å². The first kappa shape index (κ1) is 13.1. The Bertz CT molecular complexity index is 442. The van der Waals surface area contributed by atoms with Crippen molar-refractivity contribution in [1.82, 2.24) is 0 Å². The summed E-state index contributed by atoms with van der Waals surface area (Å²) in [4.78, 5) is 2.96. The number of aliphatic hydroxyl groups excluding tert-OH is 1. The molecule has 1 saturated carbocycles. The normalized spacial score (nSPS) is 35.3. The zero-order valence-electron chi connectivity index (χ0n) is 11.6. The number of aliphatic hydroxyl groups is 1. The van der Waals surface area contributed by atoms with Gasteiger partial charge >= 0.3 is 6.20 Å². The Hall–Kier alpha value is -1.30. The lowest BCUT2D eigenvalue weighted by atomic mass is 9.51. The fourth-order valence-corrected chi connectivity index (χ4v) is 4.30. The highest BCUT2D eigenvalue weighted by atomic mass is 16.3. The molecule has 0 heterocycles. The number of hydrogen-bond donors (Lipinski definition) is 1. The van der Waals surface area contributed by atoms with E-state index in [-0.39, 0.29) is 11.2 Å². The number of fused-ring (bicyclic) bond motifs is 1. The van der Waals surface area contributed by atoms with Crippen LogP contribution >= 0.6 is 0 Å². The van der Waals surface area contributed by atoms with Gasteiger partial charge in [0.2, 0.25) is 11.2 Å². The van der Waals surface area contributed by atoms with Gasteiger partial charge in [0.25, 0.3) is 0 Å². The van der Waals surface area contributed by atoms with Gasteiger partial charge in [-0.1, -0.05) is 33.3 Å². The number of hydrogen-bond acceptors (Lipinski definition) is 2. The van der Waals surface area contributed by atoms with Crippen molar-refractivity contribution in [2.75, 3.05) is 0 Å². The fourth-order valence-electron chi connectivity index (χ4n) is 4.30. The molecule has 0 amide bonds. The number of diazo groups is 1. The SMILES string of the molecule is CC1(C)CCC[C@]2(C)C(/C(O)=C\[N+]#N)=CCC[C@@H]12. The van der Waals surface area contributed by atoms with Gasteiger partial charge in [0.15, 0.2) is 4.98 Å². The summed E-state index contributed by atoms with van der Waals surface area (Å²) in [6, 6.07) is 0. The standard InChI is InChI=1S/C15H22N2O/c1-14(2)8-5-9-15(3)11(12(18)10-17-16)6-4-7-13(14)15/h6,10,13H,4-5,7-9H2,1-3H3/p+1/b12-10+/t13-,15+/m0/s1. The predicted molar refractivity (Wildman–Crippen MR) is 72.3 cm³/mol. The number of allylic oxidation sites excluding steroid dienone is 2. The van der Waals surface area contributed by atoms with Crippen LogP contribution in [-0.4, -0.2) is 5.11 Å². The average molecular weight is 247 g/mol. The molecule has 0 bridgehead atoms. The molecule has 0 saturated heterocycles. The zero-order chi connectivity index (χ0) is 13.4. The fraction of sp³-hybridized carbons (Fsp3) is 0.733. The molecule has 3 heteroatoms. The Balaban J connectivity index is 2.42. The van der Waals surface area contributed by atoms with E-state index in [0.29, 0.717) is 11.3 Å². The van der Waals surface area contributed by atoms with Gasteiger partial charge in [-0.15, -0.1) is 0 Å². The molecule has 0 aromatic carbocycles. The molecule has 0 aromatic rings. The van der Waals surface area contributed by atoms with Gasteiger partial charge in [0.05, 0.1) is 0 Å². The first-order chi connectivity index (χ1) is 8.42. The number of nitrogens with zero attached hydrogens (tertiary/aromatic N) is 2. The summed E-state index contributed by atoms with van der Waals surface area (Å²) in [5, 5.41) is 18.7. The van der Waals surface area contributed by atoms with Crippen molar-refractivity contribution in [3.8, 4) is 0 Å². The molecule has 2 aliphatic carbocycles. The third-order valence-electron chi connectivity index (χ3n) is 5.10. The van der Waals surface area contributed by atoms with Crippen molar-refractivity contribution in [3.05, 3.63) is 28.6 Å². The van der Waals surface area contributed by atoms with E-state index in [1.807, 2.05) is 0 Å². The van der Waals surface area contributed by atoms with Gasteiger partial charge in [-0.05, 0) is 42.4 Å². The molecule has 0 aromatic heterocycles. The summed E-state index contributed by atoms with van der Waals surface area (Å²) in [5.41, 5.74) is 1.32. The summed E-state index contributed by atoms with van der Waals surface area (Å²) >= 11 is 0. The van der Waals surface area contributed by atoms with Crippen molar-refractivity contribution in [1.29, 1.82) is 5.39 Å². The van der Waals surface area contributed by atoms with E-state index in [2.05, 4.69) is 31.8 Å². The molecule has 0 aliphatic heterocycles. The van der Waals surface area contributed by atoms with E-state index in [0.717, 1.165) is 24.6 Å². The molecule has 98 valence electrons. The minimum atomic E-state index is 0.0191. The summed E-state index contributed by atoms with van der Waals surface area (Å²) in [6.07, 6.45) is 9.03. The van der Waals surface area contributed by atoms with Crippen LogP contribution in [0.15, 0.2) is 23.6 Å². The summed E-state index contributed by atoms with van der Waals surface area (Å²) in [6.45, 7) is 6.94. The van der Waals surface area contributed by atoms with Crippen molar-refractivity contribution in [2.45, 2.75) is 52.9 Å². The lowest BCUT2D eigenvalue weighted by molar-refractivity contribution is 0.0131. The lowest BCUT2D eigenvalue weighted by Crippen LogP contribution is -2.45. The van der Waals surface area contributed by atoms with Gasteiger partial charge < -0.3 is 5.11 Å². The predicted octanol–water partition coefficient (Wildman–Crippen LogP) is 4.79. The molecule has 1 fully saturated rings. The van der Waals surface area contributed by atoms with Crippen LogP contribution in [-0.2, 0) is 0 Å². The second-order valence-electron chi connectivity index (χ2n) is 6.64. The van der Waals surface area contributed by atoms with Gasteiger partial charge in [0, 0.05) is 5.57 Å². The molecular weight excluding hydrogens is 224 g/mol. The maximum Gasteiger partial charge on any atom is 0.391 e. The third kappa shape index (κ3) is 1.94. The highest BCUT2D eigenvalue weighted by Crippen LogP contribution is 2.59. The quantitative estimate of drug-likeness (QED) is 0.535. The zero-order valence-corrected chi connectivity index (χ0v) is 11.6. The molecular formula is C15H23N2O+. The monoisotopic (exact) mass is 247 g/mol. The first-order valence-electron chi connectivity index (χ1n) is 6.86. The molecule has 3 nitrogen and oxygen atoms in total. The third-order valence-corrected chi connectivity index (χ3v) is 5.10. The summed E-state index contributed by atoms with van der Waals surface area (Å²) < 4.78 is 0. The molecule has 0 radical (unpaired) electrons. The summed E-state index contributed by atoms with van der Waals surface area (Å²) in [7, 11) is 0. The largest absolute Gasteiger partial charge is 0.502 e. The van der Waals surface area contributed by atoms with E-state index in [1.165, 1.54) is 19.3 Å². The Kier molecular flexibility index (Phi) is 3.23. The molecule has 2 aliphatic rings. The second kappa shape index (κ2) is 4.42. The van der Waals surface area contributed by atoms with Gasteiger partial charge in [-0.25, -0.2) is 0 Å². The van der Waals surface area contributed by atoms with Gasteiger partial charge in [-0.2, -0.15) is 0 Å². The molecule has 0 unspecified atom stereocenters. The van der Waals surface area contributed by atoms with E-state index < -0.39 is 0 Å². The van der Waals surface area contributed by atoms with Crippen LogP contribution in [0.25, 0.3) is 4.98 Å². The minimum Gasteiger partial charge on any atom is -0.502 e. The van der Waals surface area contributed by atoms with Crippen molar-refractivity contribution >= 4 is 0 Å². The topological polar surface area (TPSA) is 48.4 Å². The van der Waals surface area contributed by atoms with Crippen LogP contribution < -0.4 is 0 Å². The van der Waals surface area contributed by atoms with Crippen LogP contribution in [0, 0.1) is 22.1 Å². The molecule has 2 atom stereocenters. The highest BCUT2D eigenvalue weighted by Gasteiger charge is 2.50. The first-order valence-corrected chi connectivity index (χ1v) is 6.86. The summed E-state index contributed by atoms with van der Waals surface area (Å²) in [5.74, 6) is 0.718. The molecule has 1 N–H and O–H groups in total. The van der Waals surface area contributed by atoms with Crippen molar-refractivity contribution in [3.63, 3.8) is 0 Å². The minimum absolute atomic E-state index is 0.0191. The van der Waals surface area contributed by atoms with Crippen LogP contribution in [0.4, 0.5) is 0 Å². The van der Waals surface area contributed by atoms with Crippen LogP contribution in [0.3, 0.4) is 0 Å². The smallest absolute Gasteiger partial charge is 0.391 e. The highest BCUT2D eigenvalue weighted by molar-refractivity contribution is 5.36. The van der Waals surface area contributed by atoms with Crippen molar-refractivity contribution < 1.29 is 5.11 Å². The Morgan fingerprint density at radius 2 is 2.17 bits per heavy atom. The van der Waals surface area contributed by atoms with Crippen LogP contribution in [0.5, 0.6) is 0 Å². The maximum absolute atomic E-state index is 10.1. The molecule has 2 rings (SSSR count). The molecule has 18 heavy (non-hydrogen) atoms. The number of rotatable bonds is 1. The van der Waals surface area contributed by atoms with E-state index in [9.17, 15) is 5.11 Å². The average Bonchev–Trinajstić information content (AvgIpc) is 2.27. The lowest BCUT2D eigenvalue weighted by Gasteiger charge is -2.53. The van der Waals surface area contributed by atoms with Crippen LogP contribution in [0.2, 0.25) is 0 Å². The van der Waals surface area contributed by atoms with Gasteiger partial charge in [-0.3, -0.25) is 0 Å². The Morgan fingerprint density at radius 3 is 2.83 bits per heavy atom. The van der Waals surface area contributed by atoms with E-state index in [4.69, 9.17) is 5.39 Å². The van der Waals surface area contributed by atoms with E-state index >= 15 is 0 Å². The molecule has 0 spiro atoms. The Morgan fingerprint density at radius 1 is 1.44 bits per heavy atom. The van der Waals surface area contributed by atoms with Crippen molar-refractivity contribution in [2.24, 2.45) is 16.7 Å².